The number of benzene rings is 2. The van der Waals surface area contributed by atoms with E-state index in [9.17, 15) is 9.59 Å². The van der Waals surface area contributed by atoms with Gasteiger partial charge in [0, 0.05) is 10.0 Å². The summed E-state index contributed by atoms with van der Waals surface area (Å²) in [6.07, 6.45) is -0.679. The molecule has 182 valence electrons. The van der Waals surface area contributed by atoms with Gasteiger partial charge in [0.25, 0.3) is 0 Å². The molecule has 0 radical (unpaired) electrons. The molecule has 2 rings (SSSR count). The summed E-state index contributed by atoms with van der Waals surface area (Å²) in [4.78, 5) is 24.5. The molecule has 0 saturated carbocycles. The molecule has 8 heteroatoms. The minimum atomic E-state index is -1.03. The van der Waals surface area contributed by atoms with E-state index in [1.165, 1.54) is 12.1 Å². The largest absolute Gasteiger partial charge is 0.455 e. The van der Waals surface area contributed by atoms with Crippen LogP contribution in [0.15, 0.2) is 48.5 Å². The Morgan fingerprint density at radius 3 is 1.55 bits per heavy atom. The number of carbonyl (C=O) groups excluding carboxylic acids is 2. The Balaban J connectivity index is 0.000000582. The maximum Gasteiger partial charge on any atom is 0.338 e. The van der Waals surface area contributed by atoms with E-state index < -0.39 is 34.8 Å². The summed E-state index contributed by atoms with van der Waals surface area (Å²) in [5.41, 5.74) is -2.39. The van der Waals surface area contributed by atoms with E-state index in [1.807, 2.05) is 0 Å². The number of ether oxygens (including phenoxy) is 2. The molecule has 0 aliphatic rings. The Labute approximate surface area is 205 Å². The highest BCUT2D eigenvalue weighted by Gasteiger charge is 2.34. The standard InChI is InChI=1S/C19H18Cl2O4.C6H14O2/c1-12(24-17(22)13-6-4-8-15(20)10-13)19(2,3)25-18(23)14-7-5-9-16(21)11-14;1-5(2,7)6(3,4)8/h4-12H,1-3H3;7-8H,1-4H3. The van der Waals surface area contributed by atoms with Crippen molar-refractivity contribution in [2.75, 3.05) is 0 Å². The van der Waals surface area contributed by atoms with Gasteiger partial charge in [-0.2, -0.15) is 0 Å². The third-order valence-corrected chi connectivity index (χ3v) is 5.71. The van der Waals surface area contributed by atoms with Crippen LogP contribution in [0, 0.1) is 0 Å². The zero-order valence-corrected chi connectivity index (χ0v) is 21.5. The first-order valence-electron chi connectivity index (χ1n) is 10.3. The van der Waals surface area contributed by atoms with Gasteiger partial charge in [-0.1, -0.05) is 35.3 Å². The average molecular weight is 499 g/mol. The molecule has 2 N–H and O–H groups in total. The molecule has 0 aromatic heterocycles. The molecule has 2 aromatic rings. The van der Waals surface area contributed by atoms with Gasteiger partial charge in [-0.3, -0.25) is 0 Å². The molecule has 0 aliphatic carbocycles. The van der Waals surface area contributed by atoms with Gasteiger partial charge in [-0.15, -0.1) is 0 Å². The van der Waals surface area contributed by atoms with Crippen LogP contribution in [0.2, 0.25) is 10.0 Å². The Bertz CT molecular complexity index is 946. The average Bonchev–Trinajstić information content (AvgIpc) is 2.66. The van der Waals surface area contributed by atoms with Crippen molar-refractivity contribution < 1.29 is 29.3 Å². The molecular weight excluding hydrogens is 467 g/mol. The summed E-state index contributed by atoms with van der Waals surface area (Å²) in [7, 11) is 0. The third kappa shape index (κ3) is 9.33. The van der Waals surface area contributed by atoms with Crippen LogP contribution in [0.25, 0.3) is 0 Å². The molecule has 0 spiro atoms. The molecule has 1 unspecified atom stereocenters. The van der Waals surface area contributed by atoms with Gasteiger partial charge < -0.3 is 19.7 Å². The number of carbonyl (C=O) groups is 2. The smallest absolute Gasteiger partial charge is 0.338 e. The van der Waals surface area contributed by atoms with Gasteiger partial charge in [0.05, 0.1) is 22.3 Å². The first-order chi connectivity index (χ1) is 14.9. The van der Waals surface area contributed by atoms with Crippen molar-refractivity contribution in [2.24, 2.45) is 0 Å². The molecule has 2 aromatic carbocycles. The van der Waals surface area contributed by atoms with Gasteiger partial charge in [0.1, 0.15) is 11.7 Å². The van der Waals surface area contributed by atoms with E-state index >= 15 is 0 Å². The number of esters is 2. The minimum absolute atomic E-state index is 0.328. The topological polar surface area (TPSA) is 93.1 Å². The second-order valence-corrected chi connectivity index (χ2v) is 10.1. The van der Waals surface area contributed by atoms with Gasteiger partial charge in [0.2, 0.25) is 0 Å². The molecule has 0 aliphatic heterocycles. The van der Waals surface area contributed by atoms with Crippen LogP contribution < -0.4 is 0 Å². The molecule has 0 fully saturated rings. The highest BCUT2D eigenvalue weighted by Crippen LogP contribution is 2.23. The fraction of sp³-hybridized carbons (Fsp3) is 0.440. The summed E-state index contributed by atoms with van der Waals surface area (Å²) < 4.78 is 10.9. The summed E-state index contributed by atoms with van der Waals surface area (Å²) in [5, 5.41) is 19.1. The van der Waals surface area contributed by atoms with Crippen LogP contribution in [-0.4, -0.2) is 45.1 Å². The first kappa shape index (κ1) is 28.9. The third-order valence-electron chi connectivity index (χ3n) is 5.24. The maximum atomic E-state index is 12.3. The van der Waals surface area contributed by atoms with Crippen molar-refractivity contribution in [3.05, 3.63) is 69.7 Å². The quantitative estimate of drug-likeness (QED) is 0.495. The molecule has 6 nitrogen and oxygen atoms in total. The van der Waals surface area contributed by atoms with Gasteiger partial charge in [-0.05, 0) is 84.9 Å². The van der Waals surface area contributed by atoms with Crippen LogP contribution in [0.1, 0.15) is 69.2 Å². The first-order valence-corrected chi connectivity index (χ1v) is 11.1. The lowest BCUT2D eigenvalue weighted by molar-refractivity contribution is -0.107. The maximum absolute atomic E-state index is 12.3. The van der Waals surface area contributed by atoms with Gasteiger partial charge in [0.15, 0.2) is 0 Å². The lowest BCUT2D eigenvalue weighted by Crippen LogP contribution is -2.44. The van der Waals surface area contributed by atoms with Crippen molar-refractivity contribution in [1.29, 1.82) is 0 Å². The van der Waals surface area contributed by atoms with Crippen molar-refractivity contribution in [3.8, 4) is 0 Å². The van der Waals surface area contributed by atoms with Crippen LogP contribution in [0.4, 0.5) is 0 Å². The van der Waals surface area contributed by atoms with E-state index in [2.05, 4.69) is 0 Å². The Morgan fingerprint density at radius 1 is 0.788 bits per heavy atom. The Kier molecular flexibility index (Phi) is 9.94. The predicted molar refractivity (Wildman–Crippen MR) is 130 cm³/mol. The SMILES string of the molecule is CC(C)(O)C(C)(C)O.CC(OC(=O)c1cccc(Cl)c1)C(C)(C)OC(=O)c1cccc(Cl)c1. The minimum Gasteiger partial charge on any atom is -0.455 e. The molecule has 0 saturated heterocycles. The van der Waals surface area contributed by atoms with E-state index in [0.29, 0.717) is 21.2 Å². The van der Waals surface area contributed by atoms with Crippen LogP contribution in [0.3, 0.4) is 0 Å². The predicted octanol–water partition coefficient (Wildman–Crippen LogP) is 5.70. The van der Waals surface area contributed by atoms with Gasteiger partial charge in [-0.25, -0.2) is 9.59 Å². The highest BCUT2D eigenvalue weighted by molar-refractivity contribution is 6.31. The lowest BCUT2D eigenvalue weighted by Gasteiger charge is -2.31. The van der Waals surface area contributed by atoms with E-state index in [-0.39, 0.29) is 0 Å². The molecule has 1 atom stereocenters. The fourth-order valence-corrected chi connectivity index (χ4v) is 2.36. The normalized spacial score (nSPS) is 12.8. The molecule has 0 amide bonds. The Morgan fingerprint density at radius 2 is 1.18 bits per heavy atom. The Hall–Kier alpha value is -2.12. The fourth-order valence-electron chi connectivity index (χ4n) is 1.98. The van der Waals surface area contributed by atoms with E-state index in [1.54, 1.807) is 84.9 Å². The van der Waals surface area contributed by atoms with Gasteiger partial charge >= 0.3 is 11.9 Å². The van der Waals surface area contributed by atoms with E-state index in [4.69, 9.17) is 42.9 Å². The number of rotatable bonds is 6. The second kappa shape index (κ2) is 11.3. The molecule has 0 bridgehead atoms. The van der Waals surface area contributed by atoms with Crippen LogP contribution >= 0.6 is 23.2 Å². The summed E-state index contributed by atoms with van der Waals surface area (Å²) >= 11 is 11.8. The van der Waals surface area contributed by atoms with E-state index in [0.717, 1.165) is 0 Å². The monoisotopic (exact) mass is 498 g/mol. The number of hydrogen-bond donors (Lipinski definition) is 2. The molecular formula is C25H32Cl2O6. The molecule has 0 heterocycles. The van der Waals surface area contributed by atoms with Crippen molar-refractivity contribution in [1.82, 2.24) is 0 Å². The summed E-state index contributed by atoms with van der Waals surface area (Å²) in [6, 6.07) is 12.9. The zero-order valence-electron chi connectivity index (χ0n) is 20.0. The van der Waals surface area contributed by atoms with Crippen molar-refractivity contribution in [3.63, 3.8) is 0 Å². The summed E-state index contributed by atoms with van der Waals surface area (Å²) in [6.45, 7) is 11.3. The molecule has 33 heavy (non-hydrogen) atoms. The van der Waals surface area contributed by atoms with Crippen molar-refractivity contribution >= 4 is 35.1 Å². The van der Waals surface area contributed by atoms with Crippen LogP contribution in [0.5, 0.6) is 0 Å². The summed E-state index contributed by atoms with van der Waals surface area (Å²) in [5.74, 6) is -1.08. The van der Waals surface area contributed by atoms with Crippen molar-refractivity contribution in [2.45, 2.75) is 71.4 Å². The second-order valence-electron chi connectivity index (χ2n) is 9.18. The highest BCUT2D eigenvalue weighted by atomic mass is 35.5. The number of halogens is 2. The van der Waals surface area contributed by atoms with Crippen LogP contribution in [-0.2, 0) is 9.47 Å². The lowest BCUT2D eigenvalue weighted by atomic mass is 9.90. The number of aliphatic hydroxyl groups is 2. The zero-order chi connectivity index (χ0) is 25.6. The number of hydrogen-bond acceptors (Lipinski definition) is 6.